The number of benzene rings is 2. The van der Waals surface area contributed by atoms with Crippen molar-refractivity contribution in [3.63, 3.8) is 0 Å². The van der Waals surface area contributed by atoms with Crippen LogP contribution in [0, 0.1) is 0 Å². The molecule has 0 unspecified atom stereocenters. The van der Waals surface area contributed by atoms with Gasteiger partial charge in [-0.1, -0.05) is 39.3 Å². The zero-order chi connectivity index (χ0) is 17.9. The molecule has 0 radical (unpaired) electrons. The third-order valence-electron chi connectivity index (χ3n) is 4.13. The second kappa shape index (κ2) is 7.29. The van der Waals surface area contributed by atoms with Gasteiger partial charge in [0.2, 0.25) is 0 Å². The molecule has 0 saturated carbocycles. The summed E-state index contributed by atoms with van der Waals surface area (Å²) in [7, 11) is 1.58. The number of halogens is 3. The highest BCUT2D eigenvalue weighted by atomic mass is 19.4. The monoisotopic (exact) mass is 336 g/mol. The fourth-order valence-corrected chi connectivity index (χ4v) is 2.80. The Labute approximate surface area is 141 Å². The van der Waals surface area contributed by atoms with Gasteiger partial charge in [-0.3, -0.25) is 0 Å². The van der Waals surface area contributed by atoms with Crippen molar-refractivity contribution in [3.8, 4) is 16.9 Å². The predicted octanol–water partition coefficient (Wildman–Crippen LogP) is 6.46. The Kier molecular flexibility index (Phi) is 5.58. The van der Waals surface area contributed by atoms with Gasteiger partial charge in [0.1, 0.15) is 5.75 Å². The average molecular weight is 336 g/mol. The van der Waals surface area contributed by atoms with Crippen molar-refractivity contribution in [2.45, 2.75) is 45.7 Å². The van der Waals surface area contributed by atoms with Crippen LogP contribution in [0.4, 0.5) is 13.2 Å². The smallest absolute Gasteiger partial charge is 0.416 e. The first kappa shape index (κ1) is 18.4. The van der Waals surface area contributed by atoms with Gasteiger partial charge in [0, 0.05) is 5.56 Å². The molecule has 0 atom stereocenters. The van der Waals surface area contributed by atoms with Crippen LogP contribution in [0.15, 0.2) is 36.4 Å². The van der Waals surface area contributed by atoms with E-state index in [2.05, 4.69) is 13.8 Å². The molecule has 0 N–H and O–H groups in total. The van der Waals surface area contributed by atoms with E-state index in [9.17, 15) is 13.2 Å². The lowest BCUT2D eigenvalue weighted by Crippen LogP contribution is -2.06. The van der Waals surface area contributed by atoms with Crippen LogP contribution in [0.5, 0.6) is 5.75 Å². The molecular weight excluding hydrogens is 313 g/mol. The molecule has 24 heavy (non-hydrogen) atoms. The summed E-state index contributed by atoms with van der Waals surface area (Å²) in [5, 5.41) is 0. The summed E-state index contributed by atoms with van der Waals surface area (Å²) in [5.74, 6) is 1.01. The van der Waals surface area contributed by atoms with Gasteiger partial charge >= 0.3 is 6.18 Å². The Balaban J connectivity index is 2.64. The quantitative estimate of drug-likeness (QED) is 0.609. The topological polar surface area (TPSA) is 9.23 Å². The summed E-state index contributed by atoms with van der Waals surface area (Å²) in [4.78, 5) is 0. The molecule has 0 saturated heterocycles. The molecule has 0 aromatic heterocycles. The molecular formula is C20H23F3O. The third kappa shape index (κ3) is 3.92. The lowest BCUT2D eigenvalue weighted by atomic mass is 9.91. The van der Waals surface area contributed by atoms with Gasteiger partial charge in [-0.25, -0.2) is 0 Å². The molecule has 0 aliphatic rings. The first-order valence-corrected chi connectivity index (χ1v) is 8.16. The van der Waals surface area contributed by atoms with Crippen molar-refractivity contribution >= 4 is 0 Å². The van der Waals surface area contributed by atoms with Gasteiger partial charge in [-0.2, -0.15) is 13.2 Å². The van der Waals surface area contributed by atoms with Crippen molar-refractivity contribution in [2.24, 2.45) is 0 Å². The fourth-order valence-electron chi connectivity index (χ4n) is 2.80. The minimum absolute atomic E-state index is 0.332. The zero-order valence-corrected chi connectivity index (χ0v) is 14.5. The number of hydrogen-bond acceptors (Lipinski definition) is 1. The van der Waals surface area contributed by atoms with Crippen molar-refractivity contribution in [1.29, 1.82) is 0 Å². The maximum absolute atomic E-state index is 13.0. The summed E-state index contributed by atoms with van der Waals surface area (Å²) >= 11 is 0. The standard InChI is InChI=1S/C20H23F3O/c1-5-6-15-11-16(20(21,22)23)8-9-17(15)18-12-14(13(2)3)7-10-19(18)24-4/h7-13H,5-6H2,1-4H3. The van der Waals surface area contributed by atoms with Crippen LogP contribution in [0.2, 0.25) is 0 Å². The molecule has 130 valence electrons. The summed E-state index contributed by atoms with van der Waals surface area (Å²) in [6, 6.07) is 9.88. The lowest BCUT2D eigenvalue weighted by Gasteiger charge is -2.17. The lowest BCUT2D eigenvalue weighted by molar-refractivity contribution is -0.137. The van der Waals surface area contributed by atoms with E-state index in [1.54, 1.807) is 13.2 Å². The number of alkyl halides is 3. The largest absolute Gasteiger partial charge is 0.496 e. The minimum Gasteiger partial charge on any atom is -0.496 e. The number of rotatable bonds is 5. The normalized spacial score (nSPS) is 11.8. The molecule has 0 aliphatic carbocycles. The van der Waals surface area contributed by atoms with Crippen LogP contribution >= 0.6 is 0 Å². The zero-order valence-electron chi connectivity index (χ0n) is 14.5. The summed E-state index contributed by atoms with van der Waals surface area (Å²) in [6.45, 7) is 6.14. The SMILES string of the molecule is CCCc1cc(C(F)(F)F)ccc1-c1cc(C(C)C)ccc1OC. The molecule has 1 nitrogen and oxygen atoms in total. The van der Waals surface area contributed by atoms with Crippen molar-refractivity contribution in [3.05, 3.63) is 53.1 Å². The van der Waals surface area contributed by atoms with E-state index in [1.165, 1.54) is 6.07 Å². The third-order valence-corrected chi connectivity index (χ3v) is 4.13. The molecule has 2 aromatic rings. The highest BCUT2D eigenvalue weighted by molar-refractivity contribution is 5.74. The summed E-state index contributed by atoms with van der Waals surface area (Å²) < 4.78 is 44.5. The number of methoxy groups -OCH3 is 1. The van der Waals surface area contributed by atoms with E-state index in [-0.39, 0.29) is 0 Å². The van der Waals surface area contributed by atoms with Crippen LogP contribution in [0.3, 0.4) is 0 Å². The maximum atomic E-state index is 13.0. The van der Waals surface area contributed by atoms with Crippen molar-refractivity contribution in [1.82, 2.24) is 0 Å². The Bertz CT molecular complexity index is 703. The van der Waals surface area contributed by atoms with Gasteiger partial charge in [0.15, 0.2) is 0 Å². The minimum atomic E-state index is -4.33. The predicted molar refractivity (Wildman–Crippen MR) is 91.5 cm³/mol. The van der Waals surface area contributed by atoms with Crippen molar-refractivity contribution < 1.29 is 17.9 Å². The Hall–Kier alpha value is -1.97. The highest BCUT2D eigenvalue weighted by Crippen LogP contribution is 2.38. The Morgan fingerprint density at radius 1 is 1.00 bits per heavy atom. The number of ether oxygens (including phenoxy) is 1. The molecule has 0 aliphatic heterocycles. The van der Waals surface area contributed by atoms with Crippen LogP contribution in [-0.2, 0) is 12.6 Å². The van der Waals surface area contributed by atoms with Gasteiger partial charge in [0.25, 0.3) is 0 Å². The second-order valence-electron chi connectivity index (χ2n) is 6.23. The maximum Gasteiger partial charge on any atom is 0.416 e. The van der Waals surface area contributed by atoms with E-state index in [0.717, 1.165) is 29.2 Å². The first-order chi connectivity index (χ1) is 11.3. The van der Waals surface area contributed by atoms with E-state index < -0.39 is 11.7 Å². The summed E-state index contributed by atoms with van der Waals surface area (Å²) in [6.07, 6.45) is -2.96. The molecule has 0 fully saturated rings. The molecule has 0 heterocycles. The molecule has 0 amide bonds. The van der Waals surface area contributed by atoms with Gasteiger partial charge < -0.3 is 4.74 Å². The molecule has 0 bridgehead atoms. The highest BCUT2D eigenvalue weighted by Gasteiger charge is 2.31. The molecule has 0 spiro atoms. The van der Waals surface area contributed by atoms with Crippen LogP contribution in [0.25, 0.3) is 11.1 Å². The Morgan fingerprint density at radius 3 is 2.25 bits per heavy atom. The van der Waals surface area contributed by atoms with E-state index in [4.69, 9.17) is 4.74 Å². The fraction of sp³-hybridized carbons (Fsp3) is 0.400. The first-order valence-electron chi connectivity index (χ1n) is 8.16. The van der Waals surface area contributed by atoms with Gasteiger partial charge in [-0.15, -0.1) is 0 Å². The van der Waals surface area contributed by atoms with Crippen LogP contribution in [0.1, 0.15) is 49.8 Å². The van der Waals surface area contributed by atoms with E-state index >= 15 is 0 Å². The van der Waals surface area contributed by atoms with Gasteiger partial charge in [-0.05, 0) is 53.3 Å². The Morgan fingerprint density at radius 2 is 1.71 bits per heavy atom. The number of aryl methyl sites for hydroxylation is 1. The molecule has 2 rings (SSSR count). The van der Waals surface area contributed by atoms with E-state index in [0.29, 0.717) is 23.7 Å². The second-order valence-corrected chi connectivity index (χ2v) is 6.23. The summed E-state index contributed by atoms with van der Waals surface area (Å²) in [5.41, 5.74) is 2.89. The van der Waals surface area contributed by atoms with E-state index in [1.807, 2.05) is 25.1 Å². The molecule has 4 heteroatoms. The number of hydrogen-bond donors (Lipinski definition) is 0. The van der Waals surface area contributed by atoms with Crippen LogP contribution < -0.4 is 4.74 Å². The van der Waals surface area contributed by atoms with Crippen LogP contribution in [-0.4, -0.2) is 7.11 Å². The van der Waals surface area contributed by atoms with Gasteiger partial charge in [0.05, 0.1) is 12.7 Å². The average Bonchev–Trinajstić information content (AvgIpc) is 2.53. The molecule has 2 aromatic carbocycles. The van der Waals surface area contributed by atoms with Crippen molar-refractivity contribution in [2.75, 3.05) is 7.11 Å².